The number of hydrogen-bond acceptors (Lipinski definition) is 5. The highest BCUT2D eigenvalue weighted by atomic mass is 16.2. The Balaban J connectivity index is 1.33. The number of carbonyl (C=O) groups excluding carboxylic acids is 3. The van der Waals surface area contributed by atoms with Crippen molar-refractivity contribution in [3.05, 3.63) is 44.8 Å². The van der Waals surface area contributed by atoms with Crippen LogP contribution in [0.2, 0.25) is 0 Å². The van der Waals surface area contributed by atoms with Gasteiger partial charge in [-0.2, -0.15) is 0 Å². The fraction of sp³-hybridized carbons (Fsp3) is 0.500. The van der Waals surface area contributed by atoms with Gasteiger partial charge in [0.25, 0.3) is 5.56 Å². The second-order valence-electron chi connectivity index (χ2n) is 7.38. The lowest BCUT2D eigenvalue weighted by Crippen LogP contribution is -2.41. The van der Waals surface area contributed by atoms with E-state index in [9.17, 15) is 24.0 Å². The Morgan fingerprint density at radius 2 is 1.78 bits per heavy atom. The number of carbonyl (C=O) groups is 3. The Morgan fingerprint density at radius 3 is 2.41 bits per heavy atom. The summed E-state index contributed by atoms with van der Waals surface area (Å²) >= 11 is 0. The van der Waals surface area contributed by atoms with Crippen molar-refractivity contribution < 1.29 is 14.4 Å². The van der Waals surface area contributed by atoms with Gasteiger partial charge >= 0.3 is 5.69 Å². The van der Waals surface area contributed by atoms with Crippen LogP contribution < -0.4 is 16.6 Å². The lowest BCUT2D eigenvalue weighted by molar-refractivity contribution is -0.141. The average molecular weight is 372 g/mol. The minimum absolute atomic E-state index is 0.120. The molecule has 1 aliphatic heterocycles. The number of allylic oxidation sites excluding steroid dienone is 2. The summed E-state index contributed by atoms with van der Waals surface area (Å²) in [6, 6.07) is 0. The zero-order valence-corrected chi connectivity index (χ0v) is 14.8. The molecule has 0 spiro atoms. The third-order valence-electron chi connectivity index (χ3n) is 5.72. The largest absolute Gasteiger partial charge is 0.353 e. The second kappa shape index (κ2) is 6.33. The summed E-state index contributed by atoms with van der Waals surface area (Å²) in [5, 5.41) is 2.61. The summed E-state index contributed by atoms with van der Waals surface area (Å²) in [4.78, 5) is 63.6. The van der Waals surface area contributed by atoms with Gasteiger partial charge in [0, 0.05) is 24.8 Å². The van der Waals surface area contributed by atoms with Gasteiger partial charge in [-0.25, -0.2) is 4.79 Å². The molecule has 1 aromatic rings. The second-order valence-corrected chi connectivity index (χ2v) is 7.38. The number of hydrogen-bond donors (Lipinski definition) is 2. The van der Waals surface area contributed by atoms with E-state index in [-0.39, 0.29) is 55.1 Å². The maximum absolute atomic E-state index is 12.5. The van der Waals surface area contributed by atoms with Crippen LogP contribution in [0.4, 0.5) is 0 Å². The third-order valence-corrected chi connectivity index (χ3v) is 5.72. The van der Waals surface area contributed by atoms with Crippen LogP contribution >= 0.6 is 0 Å². The summed E-state index contributed by atoms with van der Waals surface area (Å²) in [6.45, 7) is 1.53. The molecular weight excluding hydrogens is 352 g/mol. The highest BCUT2D eigenvalue weighted by Gasteiger charge is 2.58. The fourth-order valence-corrected chi connectivity index (χ4v) is 4.44. The molecule has 0 aromatic carbocycles. The first kappa shape index (κ1) is 17.4. The van der Waals surface area contributed by atoms with Crippen LogP contribution in [0.3, 0.4) is 0 Å². The molecule has 4 rings (SSSR count). The first-order valence-electron chi connectivity index (χ1n) is 8.97. The van der Waals surface area contributed by atoms with Gasteiger partial charge in [0.1, 0.15) is 6.54 Å². The molecule has 9 nitrogen and oxygen atoms in total. The number of aromatic nitrogens is 2. The number of amides is 3. The van der Waals surface area contributed by atoms with E-state index in [1.54, 1.807) is 0 Å². The molecule has 3 aliphatic rings. The molecule has 4 atom stereocenters. The van der Waals surface area contributed by atoms with Crippen LogP contribution in [-0.2, 0) is 20.9 Å². The van der Waals surface area contributed by atoms with Crippen LogP contribution in [0.5, 0.6) is 0 Å². The van der Waals surface area contributed by atoms with E-state index in [4.69, 9.17) is 0 Å². The first-order valence-corrected chi connectivity index (χ1v) is 8.97. The van der Waals surface area contributed by atoms with E-state index in [0.717, 1.165) is 11.0 Å². The van der Waals surface area contributed by atoms with Crippen molar-refractivity contribution in [1.29, 1.82) is 0 Å². The molecule has 2 heterocycles. The van der Waals surface area contributed by atoms with Crippen LogP contribution in [0.15, 0.2) is 27.9 Å². The minimum atomic E-state index is -0.665. The Morgan fingerprint density at radius 1 is 1.15 bits per heavy atom. The van der Waals surface area contributed by atoms with Gasteiger partial charge < -0.3 is 5.32 Å². The number of imide groups is 1. The quantitative estimate of drug-likeness (QED) is 0.495. The number of nitrogens with zero attached hydrogens (tertiary/aromatic N) is 2. The van der Waals surface area contributed by atoms with Crippen molar-refractivity contribution in [3.63, 3.8) is 0 Å². The number of rotatable bonds is 5. The molecule has 1 aromatic heterocycles. The third kappa shape index (κ3) is 2.83. The Hall–Kier alpha value is -2.97. The molecule has 2 aliphatic carbocycles. The smallest absolute Gasteiger partial charge is 0.328 e. The summed E-state index contributed by atoms with van der Waals surface area (Å²) in [5.41, 5.74) is -0.830. The Labute approximate surface area is 154 Å². The predicted molar refractivity (Wildman–Crippen MR) is 93.5 cm³/mol. The Kier molecular flexibility index (Phi) is 4.09. The predicted octanol–water partition coefficient (Wildman–Crippen LogP) is -1.23. The highest BCUT2D eigenvalue weighted by Crippen LogP contribution is 2.52. The van der Waals surface area contributed by atoms with E-state index >= 15 is 0 Å². The molecule has 2 fully saturated rings. The number of aryl methyl sites for hydroxylation is 1. The van der Waals surface area contributed by atoms with Gasteiger partial charge in [-0.05, 0) is 25.2 Å². The van der Waals surface area contributed by atoms with Gasteiger partial charge in [-0.15, -0.1) is 0 Å². The SMILES string of the molecule is Cc1cn(CC(=O)NCCN2C(=O)[C@@H]3[C@H](C2=O)[C@H]2C=C[C@@H]3C2)c(=O)[nH]c1=O. The lowest BCUT2D eigenvalue weighted by atomic mass is 9.85. The van der Waals surface area contributed by atoms with Crippen molar-refractivity contribution in [2.24, 2.45) is 23.7 Å². The summed E-state index contributed by atoms with van der Waals surface area (Å²) in [6.07, 6.45) is 6.27. The van der Waals surface area contributed by atoms with Crippen molar-refractivity contribution in [2.45, 2.75) is 19.9 Å². The summed E-state index contributed by atoms with van der Waals surface area (Å²) in [5.74, 6) is -0.911. The monoisotopic (exact) mass is 372 g/mol. The minimum Gasteiger partial charge on any atom is -0.353 e. The molecule has 2 N–H and O–H groups in total. The standard InChI is InChI=1S/C18H20N4O5/c1-9-7-21(18(27)20-15(9)24)8-12(23)19-4-5-22-16(25)13-10-2-3-11(6-10)14(13)17(22)26/h2-3,7,10-11,13-14H,4-6,8H2,1H3,(H,19,23)(H,20,24,27)/t10-,11+,13+,14-. The van der Waals surface area contributed by atoms with Gasteiger partial charge in [0.05, 0.1) is 11.8 Å². The summed E-state index contributed by atoms with van der Waals surface area (Å²) in [7, 11) is 0. The van der Waals surface area contributed by atoms with Gasteiger partial charge in [0.2, 0.25) is 17.7 Å². The number of likely N-dealkylation sites (tertiary alicyclic amines) is 1. The molecule has 0 unspecified atom stereocenters. The average Bonchev–Trinajstić information content (AvgIpc) is 3.29. The van der Waals surface area contributed by atoms with Crippen molar-refractivity contribution in [1.82, 2.24) is 19.8 Å². The molecule has 1 saturated carbocycles. The molecule has 9 heteroatoms. The number of nitrogens with one attached hydrogen (secondary N) is 2. The molecule has 142 valence electrons. The van der Waals surface area contributed by atoms with Gasteiger partial charge in [0.15, 0.2) is 0 Å². The molecule has 2 bridgehead atoms. The molecule has 1 saturated heterocycles. The maximum Gasteiger partial charge on any atom is 0.328 e. The highest BCUT2D eigenvalue weighted by molar-refractivity contribution is 6.06. The van der Waals surface area contributed by atoms with E-state index in [1.165, 1.54) is 18.0 Å². The van der Waals surface area contributed by atoms with Crippen molar-refractivity contribution in [2.75, 3.05) is 13.1 Å². The molecule has 27 heavy (non-hydrogen) atoms. The van der Waals surface area contributed by atoms with Crippen molar-refractivity contribution >= 4 is 17.7 Å². The van der Waals surface area contributed by atoms with Crippen molar-refractivity contribution in [3.8, 4) is 0 Å². The Bertz CT molecular complexity index is 945. The van der Waals surface area contributed by atoms with E-state index in [2.05, 4.69) is 10.3 Å². The van der Waals surface area contributed by atoms with Crippen LogP contribution in [-0.4, -0.2) is 45.3 Å². The first-order chi connectivity index (χ1) is 12.9. The fourth-order valence-electron chi connectivity index (χ4n) is 4.44. The van der Waals surface area contributed by atoms with E-state index < -0.39 is 17.2 Å². The van der Waals surface area contributed by atoms with Crippen LogP contribution in [0.25, 0.3) is 0 Å². The zero-order chi connectivity index (χ0) is 19.3. The summed E-state index contributed by atoms with van der Waals surface area (Å²) < 4.78 is 1.10. The molecular formula is C18H20N4O5. The topological polar surface area (TPSA) is 121 Å². The molecule has 0 radical (unpaired) electrons. The van der Waals surface area contributed by atoms with Gasteiger partial charge in [-0.1, -0.05) is 12.2 Å². The van der Waals surface area contributed by atoms with Gasteiger partial charge in [-0.3, -0.25) is 33.6 Å². The number of fused-ring (bicyclic) bond motifs is 5. The number of H-pyrrole nitrogens is 1. The van der Waals surface area contributed by atoms with E-state index in [1.807, 2.05) is 12.2 Å². The maximum atomic E-state index is 12.5. The zero-order valence-electron chi connectivity index (χ0n) is 14.8. The van der Waals surface area contributed by atoms with Crippen LogP contribution in [0, 0.1) is 30.6 Å². The molecule has 3 amide bonds. The number of aromatic amines is 1. The lowest BCUT2D eigenvalue weighted by Gasteiger charge is -2.17. The van der Waals surface area contributed by atoms with E-state index in [0.29, 0.717) is 5.56 Å². The normalized spacial score (nSPS) is 28.1. The van der Waals surface area contributed by atoms with Crippen LogP contribution in [0.1, 0.15) is 12.0 Å².